The largest absolute Gasteiger partial charge is 0.396 e. The van der Waals surface area contributed by atoms with Crippen molar-refractivity contribution in [2.24, 2.45) is 11.3 Å². The van der Waals surface area contributed by atoms with Gasteiger partial charge in [-0.3, -0.25) is 4.79 Å². The summed E-state index contributed by atoms with van der Waals surface area (Å²) in [5, 5.41) is 37.8. The highest BCUT2D eigenvalue weighted by molar-refractivity contribution is 7.21. The molecule has 2 aromatic heterocycles. The van der Waals surface area contributed by atoms with Crippen LogP contribution < -0.4 is 10.6 Å². The van der Waals surface area contributed by atoms with Gasteiger partial charge in [-0.15, -0.1) is 11.3 Å². The summed E-state index contributed by atoms with van der Waals surface area (Å²) in [7, 11) is 0. The van der Waals surface area contributed by atoms with E-state index in [1.807, 2.05) is 31.2 Å². The average molecular weight is 528 g/mol. The molecule has 0 unspecified atom stereocenters. The lowest BCUT2D eigenvalue weighted by molar-refractivity contribution is -0.120. The monoisotopic (exact) mass is 527 g/mol. The van der Waals surface area contributed by atoms with Crippen molar-refractivity contribution in [3.63, 3.8) is 0 Å². The molecule has 0 bridgehead atoms. The van der Waals surface area contributed by atoms with Gasteiger partial charge in [0.2, 0.25) is 5.95 Å². The van der Waals surface area contributed by atoms with Gasteiger partial charge in [0.05, 0.1) is 33.6 Å². The molecule has 1 saturated carbocycles. The smallest absolute Gasteiger partial charge is 0.224 e. The van der Waals surface area contributed by atoms with Gasteiger partial charge < -0.3 is 26.0 Å². The number of para-hydroxylation sites is 1. The van der Waals surface area contributed by atoms with Crippen molar-refractivity contribution < 1.29 is 20.1 Å². The number of aromatic nitrogens is 3. The van der Waals surface area contributed by atoms with Gasteiger partial charge in [0.1, 0.15) is 22.7 Å². The van der Waals surface area contributed by atoms with E-state index in [2.05, 4.69) is 36.4 Å². The van der Waals surface area contributed by atoms with Crippen molar-refractivity contribution in [2.75, 3.05) is 23.8 Å². The predicted octanol–water partition coefficient (Wildman–Crippen LogP) is 3.77. The van der Waals surface area contributed by atoms with Crippen molar-refractivity contribution in [2.45, 2.75) is 71.6 Å². The molecule has 200 valence electrons. The number of rotatable bonds is 10. The summed E-state index contributed by atoms with van der Waals surface area (Å²) in [6.07, 6.45) is 0.0659. The maximum absolute atomic E-state index is 12.2. The molecule has 4 atom stereocenters. The number of aliphatic hydroxyl groups excluding tert-OH is 3. The molecule has 0 radical (unpaired) electrons. The van der Waals surface area contributed by atoms with Crippen LogP contribution in [0.2, 0.25) is 0 Å². The zero-order chi connectivity index (χ0) is 26.7. The number of carbonyl (C=O) groups is 1. The minimum Gasteiger partial charge on any atom is -0.396 e. The summed E-state index contributed by atoms with van der Waals surface area (Å²) in [6.45, 7) is 8.42. The van der Waals surface area contributed by atoms with E-state index in [-0.39, 0.29) is 17.8 Å². The Bertz CT molecular complexity index is 1210. The SMILES string of the molecule is Cc1nc(NCCCC(=O)CC(C)(C)C)nc(N[C@@H]2C[C@H](CO)[C@@H](O)[C@H]2O)c1-c1nc2ccccc2s1. The number of aryl methyl sites for hydroxylation is 1. The Hall–Kier alpha value is -2.66. The van der Waals surface area contributed by atoms with Gasteiger partial charge in [0.25, 0.3) is 0 Å². The van der Waals surface area contributed by atoms with Crippen molar-refractivity contribution >= 4 is 39.1 Å². The van der Waals surface area contributed by atoms with Crippen molar-refractivity contribution in [1.29, 1.82) is 0 Å². The van der Waals surface area contributed by atoms with Crippen LogP contribution >= 0.6 is 11.3 Å². The Morgan fingerprint density at radius 2 is 1.89 bits per heavy atom. The number of hydrogen-bond donors (Lipinski definition) is 5. The summed E-state index contributed by atoms with van der Waals surface area (Å²) in [6, 6.07) is 7.39. The predicted molar refractivity (Wildman–Crippen MR) is 147 cm³/mol. The maximum atomic E-state index is 12.2. The molecule has 2 heterocycles. The van der Waals surface area contributed by atoms with Gasteiger partial charge in [-0.25, -0.2) is 9.97 Å². The van der Waals surface area contributed by atoms with Gasteiger partial charge in [-0.05, 0) is 37.3 Å². The Labute approximate surface area is 221 Å². The number of Topliss-reactive ketones (excluding diaryl/α,β-unsaturated/α-hetero) is 1. The molecule has 5 N–H and O–H groups in total. The maximum Gasteiger partial charge on any atom is 0.224 e. The fourth-order valence-corrected chi connectivity index (χ4v) is 5.85. The van der Waals surface area contributed by atoms with E-state index in [4.69, 9.17) is 9.97 Å². The topological polar surface area (TPSA) is 140 Å². The van der Waals surface area contributed by atoms with Crippen molar-refractivity contribution in [1.82, 2.24) is 15.0 Å². The zero-order valence-corrected chi connectivity index (χ0v) is 22.7. The van der Waals surface area contributed by atoms with E-state index >= 15 is 0 Å². The quantitative estimate of drug-likeness (QED) is 0.249. The molecule has 1 aliphatic rings. The first-order chi connectivity index (χ1) is 17.6. The molecule has 37 heavy (non-hydrogen) atoms. The van der Waals surface area contributed by atoms with E-state index in [0.717, 1.165) is 26.5 Å². The van der Waals surface area contributed by atoms with Crippen LogP contribution in [-0.4, -0.2) is 67.5 Å². The Morgan fingerprint density at radius 1 is 1.14 bits per heavy atom. The van der Waals surface area contributed by atoms with Gasteiger partial charge in [-0.2, -0.15) is 4.98 Å². The minimum absolute atomic E-state index is 0.0187. The number of anilines is 2. The van der Waals surface area contributed by atoms with Crippen molar-refractivity contribution in [3.05, 3.63) is 30.0 Å². The Kier molecular flexibility index (Phi) is 8.42. The lowest BCUT2D eigenvalue weighted by Crippen LogP contribution is -2.35. The molecule has 10 heteroatoms. The third kappa shape index (κ3) is 6.62. The molecular weight excluding hydrogens is 490 g/mol. The molecule has 1 aliphatic carbocycles. The number of benzene rings is 1. The number of hydrogen-bond acceptors (Lipinski definition) is 10. The van der Waals surface area contributed by atoms with E-state index in [0.29, 0.717) is 44.0 Å². The summed E-state index contributed by atoms with van der Waals surface area (Å²) in [5.74, 6) is 0.754. The normalized spacial score (nSPS) is 21.9. The van der Waals surface area contributed by atoms with E-state index < -0.39 is 24.2 Å². The third-order valence-corrected chi connectivity index (χ3v) is 7.65. The summed E-state index contributed by atoms with van der Waals surface area (Å²) < 4.78 is 1.04. The van der Waals surface area contributed by atoms with Crippen LogP contribution in [0.1, 0.15) is 52.1 Å². The molecular formula is C27H37N5O4S. The molecule has 0 saturated heterocycles. The summed E-state index contributed by atoms with van der Waals surface area (Å²) >= 11 is 1.54. The highest BCUT2D eigenvalue weighted by atomic mass is 32.1. The third-order valence-electron chi connectivity index (χ3n) is 6.60. The van der Waals surface area contributed by atoms with Gasteiger partial charge in [0, 0.05) is 31.9 Å². The molecule has 3 aromatic rings. The highest BCUT2D eigenvalue weighted by Gasteiger charge is 2.41. The summed E-state index contributed by atoms with van der Waals surface area (Å²) in [5.41, 5.74) is 2.32. The fraction of sp³-hybridized carbons (Fsp3) is 0.556. The molecule has 0 aliphatic heterocycles. The summed E-state index contributed by atoms with van der Waals surface area (Å²) in [4.78, 5) is 26.4. The molecule has 1 aromatic carbocycles. The number of nitrogens with zero attached hydrogens (tertiary/aromatic N) is 3. The standard InChI is InChI=1S/C27H37N5O4S/c1-15-21(25-31-18-9-5-6-10-20(18)37-25)24(30-19-12-16(14-33)22(35)23(19)36)32-26(29-15)28-11-7-8-17(34)13-27(2,3)4/h5-6,9-10,16,19,22-23,33,35-36H,7-8,11-14H2,1-4H3,(H2,28,29,30,32)/t16-,19-,22-,23+/m1/s1. The highest BCUT2D eigenvalue weighted by Crippen LogP contribution is 2.38. The lowest BCUT2D eigenvalue weighted by atomic mass is 9.89. The van der Waals surface area contributed by atoms with Gasteiger partial charge in [0.15, 0.2) is 0 Å². The van der Waals surface area contributed by atoms with E-state index in [1.165, 1.54) is 11.3 Å². The minimum atomic E-state index is -1.04. The van der Waals surface area contributed by atoms with Crippen LogP contribution in [0.3, 0.4) is 0 Å². The second kappa shape index (κ2) is 11.4. The van der Waals surface area contributed by atoms with E-state index in [1.54, 1.807) is 0 Å². The zero-order valence-electron chi connectivity index (χ0n) is 21.9. The number of nitrogens with one attached hydrogen (secondary N) is 2. The Morgan fingerprint density at radius 3 is 2.57 bits per heavy atom. The number of thiazole rings is 1. The first-order valence-corrected chi connectivity index (χ1v) is 13.6. The van der Waals surface area contributed by atoms with Crippen LogP contribution in [0.5, 0.6) is 0 Å². The lowest BCUT2D eigenvalue weighted by Gasteiger charge is -2.21. The second-order valence-corrected chi connectivity index (χ2v) is 12.1. The molecule has 0 spiro atoms. The van der Waals surface area contributed by atoms with E-state index in [9.17, 15) is 20.1 Å². The van der Waals surface area contributed by atoms with Crippen LogP contribution in [0, 0.1) is 18.3 Å². The number of fused-ring (bicyclic) bond motifs is 1. The molecule has 1 fully saturated rings. The van der Waals surface area contributed by atoms with Crippen LogP contribution in [0.25, 0.3) is 20.8 Å². The number of aliphatic hydroxyl groups is 3. The number of ketones is 1. The molecule has 4 rings (SSSR count). The van der Waals surface area contributed by atoms with Crippen LogP contribution in [-0.2, 0) is 4.79 Å². The fourth-order valence-electron chi connectivity index (χ4n) is 4.78. The van der Waals surface area contributed by atoms with Gasteiger partial charge in [-0.1, -0.05) is 32.9 Å². The first kappa shape index (κ1) is 27.4. The van der Waals surface area contributed by atoms with Crippen LogP contribution in [0.4, 0.5) is 11.8 Å². The second-order valence-electron chi connectivity index (χ2n) is 11.1. The first-order valence-electron chi connectivity index (χ1n) is 12.8. The average Bonchev–Trinajstić information content (AvgIpc) is 3.36. The van der Waals surface area contributed by atoms with Gasteiger partial charge >= 0.3 is 0 Å². The van der Waals surface area contributed by atoms with Crippen LogP contribution in [0.15, 0.2) is 24.3 Å². The number of carbonyl (C=O) groups excluding carboxylic acids is 1. The molecule has 9 nitrogen and oxygen atoms in total. The van der Waals surface area contributed by atoms with Crippen molar-refractivity contribution in [3.8, 4) is 10.6 Å². The Balaban J connectivity index is 1.57. The molecule has 0 amide bonds.